The van der Waals surface area contributed by atoms with Gasteiger partial charge in [-0.1, -0.05) is 24.6 Å². The van der Waals surface area contributed by atoms with Gasteiger partial charge in [0.05, 0.1) is 11.4 Å². The third kappa shape index (κ3) is 5.70. The number of sulfonamides is 1. The molecule has 33 heavy (non-hydrogen) atoms. The molecule has 0 radical (unpaired) electrons. The molecule has 2 heterocycles. The van der Waals surface area contributed by atoms with E-state index in [1.54, 1.807) is 17.0 Å². The highest BCUT2D eigenvalue weighted by molar-refractivity contribution is 7.89. The Morgan fingerprint density at radius 1 is 1.06 bits per heavy atom. The molecular formula is C23H29N5O4S. The number of urea groups is 1. The molecule has 2 aromatic rings. The fourth-order valence-corrected chi connectivity index (χ4v) is 5.04. The van der Waals surface area contributed by atoms with E-state index in [0.29, 0.717) is 19.5 Å². The molecule has 1 unspecified atom stereocenters. The highest BCUT2D eigenvalue weighted by atomic mass is 32.2. The minimum Gasteiger partial charge on any atom is -0.336 e. The summed E-state index contributed by atoms with van der Waals surface area (Å²) in [5.41, 5.74) is 2.27. The van der Waals surface area contributed by atoms with Gasteiger partial charge in [-0.15, -0.1) is 0 Å². The van der Waals surface area contributed by atoms with Gasteiger partial charge in [0.15, 0.2) is 0 Å². The summed E-state index contributed by atoms with van der Waals surface area (Å²) in [7, 11) is -3.78. The lowest BCUT2D eigenvalue weighted by Crippen LogP contribution is -2.51. The number of anilines is 2. The SMILES string of the molecule is NS(=O)(=O)c1ccc2c(c1)CCN2C(=O)CN1CCCCC1CNC(=O)Nc1ccccc1. The summed E-state index contributed by atoms with van der Waals surface area (Å²) < 4.78 is 23.2. The van der Waals surface area contributed by atoms with Gasteiger partial charge in [0.25, 0.3) is 0 Å². The number of primary sulfonamides is 1. The average molecular weight is 472 g/mol. The number of nitrogens with two attached hydrogens (primary N) is 1. The van der Waals surface area contributed by atoms with Crippen molar-refractivity contribution in [2.45, 2.75) is 36.6 Å². The highest BCUT2D eigenvalue weighted by Crippen LogP contribution is 2.30. The Morgan fingerprint density at radius 2 is 1.85 bits per heavy atom. The standard InChI is InChI=1S/C23H29N5O4S/c24-33(31,32)20-9-10-21-17(14-20)11-13-28(21)22(29)16-27-12-5-4-8-19(27)15-25-23(30)26-18-6-2-1-3-7-18/h1-3,6-7,9-10,14,19H,4-5,8,11-13,15-16H2,(H2,24,31,32)(H2,25,26,30). The summed E-state index contributed by atoms with van der Waals surface area (Å²) in [6.45, 7) is 2.02. The average Bonchev–Trinajstić information content (AvgIpc) is 3.22. The monoisotopic (exact) mass is 471 g/mol. The Morgan fingerprint density at radius 3 is 2.61 bits per heavy atom. The number of hydrogen-bond donors (Lipinski definition) is 3. The van der Waals surface area contributed by atoms with Gasteiger partial charge in [-0.3, -0.25) is 9.69 Å². The van der Waals surface area contributed by atoms with Crippen LogP contribution < -0.4 is 20.7 Å². The Bertz CT molecular complexity index is 1120. The van der Waals surface area contributed by atoms with Gasteiger partial charge in [0.2, 0.25) is 15.9 Å². The lowest BCUT2D eigenvalue weighted by atomic mass is 10.0. The third-order valence-corrected chi connectivity index (χ3v) is 7.10. The molecule has 3 amide bonds. The molecule has 2 aromatic carbocycles. The predicted octanol–water partition coefficient (Wildman–Crippen LogP) is 1.90. The van der Waals surface area contributed by atoms with Crippen molar-refractivity contribution in [2.75, 3.05) is 36.4 Å². The summed E-state index contributed by atoms with van der Waals surface area (Å²) in [6, 6.07) is 13.7. The summed E-state index contributed by atoms with van der Waals surface area (Å²) in [5, 5.41) is 11.0. The van der Waals surface area contributed by atoms with E-state index < -0.39 is 10.0 Å². The lowest BCUT2D eigenvalue weighted by molar-refractivity contribution is -0.120. The number of carbonyl (C=O) groups is 2. The Hall–Kier alpha value is -2.95. The Kier molecular flexibility index (Phi) is 6.96. The lowest BCUT2D eigenvalue weighted by Gasteiger charge is -2.36. The molecule has 0 aromatic heterocycles. The molecule has 0 saturated carbocycles. The van der Waals surface area contributed by atoms with E-state index in [4.69, 9.17) is 5.14 Å². The topological polar surface area (TPSA) is 125 Å². The molecular weight excluding hydrogens is 442 g/mol. The minimum atomic E-state index is -3.78. The fraction of sp³-hybridized carbons (Fsp3) is 0.391. The molecule has 2 aliphatic rings. The first-order valence-electron chi connectivity index (χ1n) is 11.1. The van der Waals surface area contributed by atoms with Crippen molar-refractivity contribution in [1.29, 1.82) is 0 Å². The van der Waals surface area contributed by atoms with Crippen LogP contribution >= 0.6 is 0 Å². The van der Waals surface area contributed by atoms with Crippen molar-refractivity contribution in [3.05, 3.63) is 54.1 Å². The van der Waals surface area contributed by atoms with E-state index >= 15 is 0 Å². The third-order valence-electron chi connectivity index (χ3n) is 6.19. The maximum Gasteiger partial charge on any atom is 0.319 e. The van der Waals surface area contributed by atoms with Crippen LogP contribution in [0.4, 0.5) is 16.2 Å². The molecule has 4 rings (SSSR count). The molecule has 176 valence electrons. The zero-order valence-corrected chi connectivity index (χ0v) is 19.2. The van der Waals surface area contributed by atoms with Crippen LogP contribution in [0.25, 0.3) is 0 Å². The van der Waals surface area contributed by atoms with Crippen LogP contribution in [0.2, 0.25) is 0 Å². The molecule has 0 bridgehead atoms. The highest BCUT2D eigenvalue weighted by Gasteiger charge is 2.30. The van der Waals surface area contributed by atoms with Crippen LogP contribution in [0.15, 0.2) is 53.4 Å². The molecule has 0 aliphatic carbocycles. The number of benzene rings is 2. The van der Waals surface area contributed by atoms with Gasteiger partial charge < -0.3 is 15.5 Å². The zero-order valence-electron chi connectivity index (χ0n) is 18.4. The van der Waals surface area contributed by atoms with Crippen LogP contribution in [-0.4, -0.2) is 57.5 Å². The summed E-state index contributed by atoms with van der Waals surface area (Å²) in [6.07, 6.45) is 3.57. The van der Waals surface area contributed by atoms with Crippen LogP contribution in [0.5, 0.6) is 0 Å². The molecule has 1 saturated heterocycles. The number of para-hydroxylation sites is 1. The normalized spacial score (nSPS) is 18.6. The number of hydrogen-bond acceptors (Lipinski definition) is 5. The van der Waals surface area contributed by atoms with Gasteiger partial charge in [-0.05, 0) is 61.7 Å². The quantitative estimate of drug-likeness (QED) is 0.593. The number of fused-ring (bicyclic) bond motifs is 1. The first-order chi connectivity index (χ1) is 15.8. The van der Waals surface area contributed by atoms with E-state index in [1.165, 1.54) is 6.07 Å². The van der Waals surface area contributed by atoms with Crippen LogP contribution in [0.1, 0.15) is 24.8 Å². The van der Waals surface area contributed by atoms with Gasteiger partial charge in [-0.2, -0.15) is 0 Å². The zero-order chi connectivity index (χ0) is 23.4. The number of rotatable bonds is 6. The van der Waals surface area contributed by atoms with Crippen LogP contribution in [0, 0.1) is 0 Å². The van der Waals surface area contributed by atoms with E-state index in [9.17, 15) is 18.0 Å². The van der Waals surface area contributed by atoms with Crippen LogP contribution in [0.3, 0.4) is 0 Å². The molecule has 1 fully saturated rings. The van der Waals surface area contributed by atoms with Crippen molar-refractivity contribution < 1.29 is 18.0 Å². The number of carbonyl (C=O) groups excluding carboxylic acids is 2. The number of likely N-dealkylation sites (tertiary alicyclic amines) is 1. The second-order valence-corrected chi connectivity index (χ2v) is 10.0. The van der Waals surface area contributed by atoms with E-state index in [-0.39, 0.29) is 29.4 Å². The second kappa shape index (κ2) is 9.90. The van der Waals surface area contributed by atoms with Crippen molar-refractivity contribution >= 4 is 33.3 Å². The van der Waals surface area contributed by atoms with Crippen LogP contribution in [-0.2, 0) is 21.2 Å². The first-order valence-corrected chi connectivity index (χ1v) is 12.7. The Labute approximate surface area is 194 Å². The summed E-state index contributed by atoms with van der Waals surface area (Å²) in [5.74, 6) is -0.0299. The van der Waals surface area contributed by atoms with Gasteiger partial charge in [-0.25, -0.2) is 18.4 Å². The maximum atomic E-state index is 13.1. The Balaban J connectivity index is 1.35. The molecule has 10 heteroatoms. The molecule has 2 aliphatic heterocycles. The molecule has 4 N–H and O–H groups in total. The number of nitrogens with one attached hydrogen (secondary N) is 2. The van der Waals surface area contributed by atoms with Gasteiger partial charge in [0.1, 0.15) is 0 Å². The van der Waals surface area contributed by atoms with Crippen molar-refractivity contribution in [2.24, 2.45) is 5.14 Å². The smallest absolute Gasteiger partial charge is 0.319 e. The van der Waals surface area contributed by atoms with Gasteiger partial charge >= 0.3 is 6.03 Å². The van der Waals surface area contributed by atoms with E-state index in [1.807, 2.05) is 30.3 Å². The first kappa shape index (κ1) is 23.2. The fourth-order valence-electron chi connectivity index (χ4n) is 4.48. The number of piperidine rings is 1. The van der Waals surface area contributed by atoms with E-state index in [0.717, 1.165) is 42.7 Å². The molecule has 0 spiro atoms. The largest absolute Gasteiger partial charge is 0.336 e. The molecule has 9 nitrogen and oxygen atoms in total. The van der Waals surface area contributed by atoms with E-state index in [2.05, 4.69) is 15.5 Å². The molecule has 1 atom stereocenters. The predicted molar refractivity (Wildman–Crippen MR) is 127 cm³/mol. The summed E-state index contributed by atoms with van der Waals surface area (Å²) >= 11 is 0. The minimum absolute atomic E-state index is 0.0299. The number of amides is 3. The van der Waals surface area contributed by atoms with Crippen molar-refractivity contribution in [3.63, 3.8) is 0 Å². The second-order valence-electron chi connectivity index (χ2n) is 8.45. The number of nitrogens with zero attached hydrogens (tertiary/aromatic N) is 2. The van der Waals surface area contributed by atoms with Gasteiger partial charge in [0, 0.05) is 30.5 Å². The summed E-state index contributed by atoms with van der Waals surface area (Å²) in [4.78, 5) is 29.3. The van der Waals surface area contributed by atoms with Crippen molar-refractivity contribution in [3.8, 4) is 0 Å². The van der Waals surface area contributed by atoms with Crippen molar-refractivity contribution in [1.82, 2.24) is 10.2 Å². The maximum absolute atomic E-state index is 13.1.